The number of hydrogen-bond acceptors (Lipinski definition) is 25. The SMILES string of the molecule is C=C(C)[C@@H]1CC[C@]2(C(=O)O)CC[C@]3(C)[C@H](CC[C@@H]4[C@@]5(C)CC[C@H](O)C(C)(C)[C@@H]5CC[C@]43C)[C@@H]12.CC(C)[C@@H]1CC[C@]2(C(=O)O)CC[C@]3(C)[C@H](CC[C@@H]4[C@@]5(C)CC[C@H](O)C(C)(C)[C@@H]5CC[C@]43C)[C@@H]12.Nc1ncnc2c1cnn2C1CC(O)[C@H]1CO.Nc1ncnc2c1nnn2C1CC(O)[C@H]1CO.O=C(/C=C(\O)C1=NCC=N1)c1ccc(Cc2ccc(F)cc2)o1.O=C(O)C(=O)C=C(O)c1cccc(Cc2ccccc2)c1. The number of hydrogen-bond donors (Lipinski definition) is 13. The minimum absolute atomic E-state index is 0.00863. The Morgan fingerprint density at radius 2 is 1.09 bits per heavy atom. The van der Waals surface area contributed by atoms with Gasteiger partial charge in [0.1, 0.15) is 35.8 Å². The van der Waals surface area contributed by atoms with Gasteiger partial charge in [0.15, 0.2) is 40.0 Å². The van der Waals surface area contributed by atoms with Crippen molar-refractivity contribution in [2.24, 2.45) is 141 Å². The Morgan fingerprint density at radius 1 is 0.549 bits per heavy atom. The molecular weight excluding hydrogens is 1830 g/mol. The molecule has 15 N–H and O–H groups in total. The second-order valence-corrected chi connectivity index (χ2v) is 47.5. The number of carbonyl (C=O) groups excluding carboxylic acids is 2. The predicted octanol–water partition coefficient (Wildman–Crippen LogP) is 18.2. The van der Waals surface area contributed by atoms with Crippen LogP contribution in [0.5, 0.6) is 0 Å². The van der Waals surface area contributed by atoms with Crippen molar-refractivity contribution in [2.45, 2.75) is 281 Å². The van der Waals surface area contributed by atoms with E-state index in [0.717, 1.165) is 99.8 Å². The van der Waals surface area contributed by atoms with Crippen LogP contribution in [0.1, 0.15) is 282 Å². The molecular formula is C113H150FN13O17. The molecule has 26 atom stereocenters. The molecule has 0 radical (unpaired) electrons. The first-order chi connectivity index (χ1) is 68.1. The molecule has 30 nitrogen and oxygen atoms in total. The number of allylic oxidation sites excluding steroid dienone is 2. The first kappa shape index (κ1) is 106. The number of carboxylic acid groups (broad SMARTS) is 3. The van der Waals surface area contributed by atoms with Crippen LogP contribution in [0.25, 0.3) is 28.0 Å². The second-order valence-electron chi connectivity index (χ2n) is 47.5. The Bertz CT molecular complexity index is 6110. The highest BCUT2D eigenvalue weighted by Crippen LogP contribution is 2.80. The third kappa shape index (κ3) is 18.7. The van der Waals surface area contributed by atoms with Crippen LogP contribution in [0.3, 0.4) is 0 Å². The zero-order valence-corrected chi connectivity index (χ0v) is 85.7. The standard InChI is InChI=1S/C30H50O3.C30H48O3.C17H13FN2O3.C17H14O4.C10H13N5O2.C9H12N6O2/c2*1-18(2)19-10-15-30(25(32)33)17-16-28(6)20(24(19)30)8-9-22-27(5)13-12-23(31)26(3,4)21(27)11-14-29(22,28)7;18-12-3-1-11(2-4-12)9-13-5-6-16(23-13)14(21)10-15(22)17-19-7-8-20-17;18-15(11-16(19)17(20)21)14-8-4-7-13(10-14)9-12-5-2-1-3-6-12;11-9-5-2-14-15(10(5)13-4-12-9)7-1-8(17)6(7)3-16;10-8-7-9(12-3-11-8)15(14-13-7)5-1-6(17)4(5)2-16/h18-24,31H,8-17H2,1-7H3,(H,32,33);19-24,31H,1,8-17H2,2-7H3,(H,32,33);1-7,10,22H,8-9H2;1-8,10-11,18H,9H2,(H,20,21);2,4,6-8,16-17H,1,3H2,(H2,11,12,13);3-6,16-17H,1-2H2,(H2,10,11,12)/b;;15-10-;;;/t2*19-,20+,21-,22+,23-,24+,27-,28+,29+,30-;;;6-,7?,8?;4-,5?,6?/m00..00/s1. The van der Waals surface area contributed by atoms with Crippen molar-refractivity contribution in [2.75, 3.05) is 31.2 Å². The smallest absolute Gasteiger partial charge is 0.376 e. The maximum Gasteiger partial charge on any atom is 0.376 e. The number of aliphatic carboxylic acids is 3. The quantitative estimate of drug-likeness (QED) is 0.0125. The molecule has 1 aliphatic heterocycles. The van der Waals surface area contributed by atoms with E-state index in [2.05, 4.69) is 142 Å². The van der Waals surface area contributed by atoms with Crippen molar-refractivity contribution in [3.63, 3.8) is 0 Å². The molecule has 0 bridgehead atoms. The van der Waals surface area contributed by atoms with E-state index in [1.165, 1.54) is 94.0 Å². The van der Waals surface area contributed by atoms with Crippen LogP contribution < -0.4 is 11.5 Å². The topological polar surface area (TPSA) is 498 Å². The maximum atomic E-state index is 12.9. The van der Waals surface area contributed by atoms with E-state index < -0.39 is 52.5 Å². The Labute approximate surface area is 842 Å². The second kappa shape index (κ2) is 40.8. The molecule has 31 heteroatoms. The molecule has 12 fully saturated rings. The molecule has 12 saturated carbocycles. The molecule has 144 heavy (non-hydrogen) atoms. The fourth-order valence-electron chi connectivity index (χ4n) is 31.8. The molecule has 0 amide bonds. The van der Waals surface area contributed by atoms with Crippen LogP contribution >= 0.6 is 0 Å². The van der Waals surface area contributed by atoms with E-state index in [1.807, 2.05) is 36.4 Å². The highest BCUT2D eigenvalue weighted by molar-refractivity contribution is 6.38. The number of amidine groups is 1. The summed E-state index contributed by atoms with van der Waals surface area (Å²) in [5.74, 6) is 1.50. The number of fused-ring (bicyclic) bond motifs is 16. The van der Waals surface area contributed by atoms with Gasteiger partial charge < -0.3 is 72.1 Å². The first-order valence-electron chi connectivity index (χ1n) is 52.1. The number of aliphatic hydroxyl groups excluding tert-OH is 8. The maximum absolute atomic E-state index is 12.9. The first-order valence-corrected chi connectivity index (χ1v) is 52.1. The summed E-state index contributed by atoms with van der Waals surface area (Å²) in [5.41, 5.74) is 18.0. The Morgan fingerprint density at radius 3 is 1.63 bits per heavy atom. The van der Waals surface area contributed by atoms with Crippen molar-refractivity contribution in [1.29, 1.82) is 0 Å². The van der Waals surface area contributed by atoms with Gasteiger partial charge in [0.25, 0.3) is 5.78 Å². The minimum atomic E-state index is -1.60. The zero-order valence-electron chi connectivity index (χ0n) is 85.7. The lowest BCUT2D eigenvalue weighted by Crippen LogP contribution is -2.67. The van der Waals surface area contributed by atoms with Gasteiger partial charge in [-0.25, -0.2) is 43.5 Å². The van der Waals surface area contributed by atoms with Crippen molar-refractivity contribution < 1.29 is 89.0 Å². The largest absolute Gasteiger partial charge is 0.507 e. The van der Waals surface area contributed by atoms with Gasteiger partial charge in [-0.2, -0.15) is 5.10 Å². The van der Waals surface area contributed by atoms with Gasteiger partial charge in [-0.05, 0) is 310 Å². The number of furan rings is 1. The number of benzene rings is 3. The number of halogens is 1. The summed E-state index contributed by atoms with van der Waals surface area (Å²) in [7, 11) is 0. The summed E-state index contributed by atoms with van der Waals surface area (Å²) in [4.78, 5) is 82.8. The molecule has 21 rings (SSSR count). The summed E-state index contributed by atoms with van der Waals surface area (Å²) < 4.78 is 21.6. The van der Waals surface area contributed by atoms with Gasteiger partial charge in [0, 0.05) is 42.2 Å². The summed E-state index contributed by atoms with van der Waals surface area (Å²) in [6, 6.07) is 26.0. The zero-order chi connectivity index (χ0) is 104. The normalized spacial score (nSPS) is 35.8. The average molecular weight is 1980 g/mol. The van der Waals surface area contributed by atoms with Gasteiger partial charge in [-0.15, -0.1) is 5.10 Å². The molecule has 13 aliphatic rings. The molecule has 6 heterocycles. The summed E-state index contributed by atoms with van der Waals surface area (Å²) in [6.07, 6.45) is 30.2. The lowest BCUT2D eigenvalue weighted by atomic mass is 9.32. The van der Waals surface area contributed by atoms with Crippen molar-refractivity contribution in [3.8, 4) is 0 Å². The van der Waals surface area contributed by atoms with Crippen LogP contribution in [-0.4, -0.2) is 187 Å². The number of carbonyl (C=O) groups is 5. The molecule has 4 unspecified atom stereocenters. The Balaban J connectivity index is 0.000000126. The molecule has 776 valence electrons. The summed E-state index contributed by atoms with van der Waals surface area (Å²) in [6.45, 7) is 36.2. The number of ketones is 2. The summed E-state index contributed by atoms with van der Waals surface area (Å²) >= 11 is 0. The number of aromatic nitrogens is 9. The van der Waals surface area contributed by atoms with Gasteiger partial charge in [0.05, 0.1) is 78.7 Å². The molecule has 5 aromatic heterocycles. The molecule has 8 aromatic rings. The Hall–Kier alpha value is -10.8. The van der Waals surface area contributed by atoms with E-state index >= 15 is 0 Å². The van der Waals surface area contributed by atoms with Crippen LogP contribution in [-0.2, 0) is 32.0 Å². The van der Waals surface area contributed by atoms with E-state index in [9.17, 15) is 79.4 Å². The fraction of sp³-hybridized carbons (Fsp3) is 0.611. The van der Waals surface area contributed by atoms with Crippen LogP contribution in [0.15, 0.2) is 154 Å². The van der Waals surface area contributed by atoms with Crippen LogP contribution in [0.4, 0.5) is 16.0 Å². The van der Waals surface area contributed by atoms with E-state index in [1.54, 1.807) is 52.0 Å². The molecule has 0 saturated heterocycles. The summed E-state index contributed by atoms with van der Waals surface area (Å²) in [5, 5.41) is 121. The van der Waals surface area contributed by atoms with Crippen LogP contribution in [0.2, 0.25) is 0 Å². The van der Waals surface area contributed by atoms with Crippen LogP contribution in [0, 0.1) is 137 Å². The average Bonchev–Trinajstić information content (AvgIpc) is 1.24. The predicted molar refractivity (Wildman–Crippen MR) is 546 cm³/mol. The number of nitrogens with zero attached hydrogens (tertiary/aromatic N) is 11. The number of nitrogen functional groups attached to an aromatic ring is 2. The number of rotatable bonds is 18. The van der Waals surface area contributed by atoms with E-state index in [4.69, 9.17) is 21.0 Å². The highest BCUT2D eigenvalue weighted by Gasteiger charge is 2.75. The number of anilines is 2. The third-order valence-electron chi connectivity index (χ3n) is 40.1. The van der Waals surface area contributed by atoms with Gasteiger partial charge in [0.2, 0.25) is 5.78 Å². The monoisotopic (exact) mass is 1980 g/mol. The molecule has 0 spiro atoms. The highest BCUT2D eigenvalue weighted by atomic mass is 19.1. The third-order valence-corrected chi connectivity index (χ3v) is 40.1. The van der Waals surface area contributed by atoms with Gasteiger partial charge >= 0.3 is 17.9 Å². The Kier molecular flexibility index (Phi) is 30.0. The number of aliphatic hydroxyl groups is 8. The lowest BCUT2D eigenvalue weighted by Gasteiger charge is -2.72. The van der Waals surface area contributed by atoms with Crippen molar-refractivity contribution >= 4 is 81.1 Å². The number of aliphatic imine (C=N–C) groups is 2. The molecule has 12 aliphatic carbocycles. The van der Waals surface area contributed by atoms with Gasteiger partial charge in [-0.3, -0.25) is 24.2 Å². The van der Waals surface area contributed by atoms with Crippen molar-refractivity contribution in [3.05, 3.63) is 180 Å². The van der Waals surface area contributed by atoms with E-state index in [0.29, 0.717) is 137 Å². The lowest BCUT2D eigenvalue weighted by molar-refractivity contribution is -0.249. The number of carboxylic acids is 3. The molecule has 3 aromatic carbocycles. The fourth-order valence-corrected chi connectivity index (χ4v) is 31.8. The van der Waals surface area contributed by atoms with Gasteiger partial charge in [-0.1, -0.05) is 161 Å². The minimum Gasteiger partial charge on any atom is -0.507 e. The van der Waals surface area contributed by atoms with Crippen molar-refractivity contribution in [1.82, 2.24) is 44.7 Å². The van der Waals surface area contributed by atoms with E-state index in [-0.39, 0.29) is 133 Å². The number of nitrogens with two attached hydrogens (primary N) is 2.